The van der Waals surface area contributed by atoms with E-state index in [1.54, 1.807) is 4.90 Å². The predicted molar refractivity (Wildman–Crippen MR) is 119 cm³/mol. The van der Waals surface area contributed by atoms with Crippen molar-refractivity contribution < 1.29 is 19.1 Å². The van der Waals surface area contributed by atoms with Gasteiger partial charge >= 0.3 is 12.1 Å². The molecular weight excluding hydrogens is 412 g/mol. The molecule has 1 unspecified atom stereocenters. The van der Waals surface area contributed by atoms with Gasteiger partial charge in [0.2, 0.25) is 11.9 Å². The third kappa shape index (κ3) is 6.53. The van der Waals surface area contributed by atoms with Gasteiger partial charge in [0, 0.05) is 18.8 Å². The van der Waals surface area contributed by atoms with Crippen LogP contribution >= 0.6 is 0 Å². The lowest BCUT2D eigenvalue weighted by Crippen LogP contribution is -2.45. The van der Waals surface area contributed by atoms with E-state index in [9.17, 15) is 9.59 Å². The van der Waals surface area contributed by atoms with E-state index >= 15 is 0 Å². The summed E-state index contributed by atoms with van der Waals surface area (Å²) in [5.74, 6) is -0.310. The molecule has 0 bridgehead atoms. The number of nitrogens with zero attached hydrogens (tertiary/aromatic N) is 4. The third-order valence-corrected chi connectivity index (χ3v) is 4.84. The van der Waals surface area contributed by atoms with E-state index in [1.807, 2.05) is 52.0 Å². The van der Waals surface area contributed by atoms with E-state index in [-0.39, 0.29) is 30.9 Å². The van der Waals surface area contributed by atoms with Crippen LogP contribution in [0.3, 0.4) is 0 Å². The second-order valence-corrected chi connectivity index (χ2v) is 8.75. The van der Waals surface area contributed by atoms with Crippen molar-refractivity contribution in [2.75, 3.05) is 24.1 Å². The van der Waals surface area contributed by atoms with Gasteiger partial charge in [-0.3, -0.25) is 4.79 Å². The number of hydrogen-bond donors (Lipinski definition) is 2. The zero-order chi connectivity index (χ0) is 23.3. The van der Waals surface area contributed by atoms with Crippen LogP contribution in [-0.2, 0) is 20.9 Å². The smallest absolute Gasteiger partial charge is 0.410 e. The number of piperidine rings is 1. The van der Waals surface area contributed by atoms with Gasteiger partial charge in [0.1, 0.15) is 5.60 Å². The maximum atomic E-state index is 12.6. The number of nitrogens with two attached hydrogens (primary N) is 1. The average Bonchev–Trinajstić information content (AvgIpc) is 2.72. The lowest BCUT2D eigenvalue weighted by atomic mass is 9.98. The van der Waals surface area contributed by atoms with Gasteiger partial charge in [-0.25, -0.2) is 4.79 Å². The highest BCUT2D eigenvalue weighted by atomic mass is 16.6. The number of esters is 1. The van der Waals surface area contributed by atoms with Crippen LogP contribution in [0.5, 0.6) is 0 Å². The van der Waals surface area contributed by atoms with Crippen molar-refractivity contribution in [2.24, 2.45) is 5.92 Å². The van der Waals surface area contributed by atoms with Crippen LogP contribution in [0.25, 0.3) is 0 Å². The Hall–Kier alpha value is -3.43. The number of benzene rings is 1. The van der Waals surface area contributed by atoms with Gasteiger partial charge in [0.25, 0.3) is 0 Å². The number of rotatable bonds is 5. The number of anilines is 3. The summed E-state index contributed by atoms with van der Waals surface area (Å²) in [6.45, 7) is 8.05. The van der Waals surface area contributed by atoms with Gasteiger partial charge in [-0.1, -0.05) is 18.2 Å². The Kier molecular flexibility index (Phi) is 7.12. The van der Waals surface area contributed by atoms with Crippen molar-refractivity contribution in [3.63, 3.8) is 0 Å². The minimum absolute atomic E-state index is 0.0240. The van der Waals surface area contributed by atoms with Gasteiger partial charge in [-0.2, -0.15) is 15.0 Å². The number of hydrogen-bond acceptors (Lipinski definition) is 9. The monoisotopic (exact) mass is 442 g/mol. The van der Waals surface area contributed by atoms with Gasteiger partial charge in [-0.05, 0) is 52.2 Å². The summed E-state index contributed by atoms with van der Waals surface area (Å²) >= 11 is 0. The number of nitrogens with one attached hydrogen (secondary N) is 1. The first-order valence-corrected chi connectivity index (χ1v) is 10.6. The van der Waals surface area contributed by atoms with E-state index in [4.69, 9.17) is 15.2 Å². The normalized spacial score (nSPS) is 16.4. The lowest BCUT2D eigenvalue weighted by molar-refractivity contribution is -0.151. The molecule has 0 saturated carbocycles. The Balaban J connectivity index is 1.59. The first-order chi connectivity index (χ1) is 15.1. The molecule has 1 fully saturated rings. The van der Waals surface area contributed by atoms with Crippen LogP contribution in [0.2, 0.25) is 0 Å². The fourth-order valence-corrected chi connectivity index (χ4v) is 3.31. The first kappa shape index (κ1) is 23.2. The summed E-state index contributed by atoms with van der Waals surface area (Å²) in [7, 11) is 0. The molecule has 0 aliphatic carbocycles. The van der Waals surface area contributed by atoms with Crippen molar-refractivity contribution in [3.05, 3.63) is 35.7 Å². The summed E-state index contributed by atoms with van der Waals surface area (Å²) in [5, 5.41) is 3.10. The fraction of sp³-hybridized carbons (Fsp3) is 0.500. The minimum atomic E-state index is -0.590. The lowest BCUT2D eigenvalue weighted by Gasteiger charge is -2.33. The molecule has 1 aromatic heterocycles. The Morgan fingerprint density at radius 2 is 1.97 bits per heavy atom. The molecule has 1 saturated heterocycles. The molecule has 1 amide bonds. The van der Waals surface area contributed by atoms with Crippen molar-refractivity contribution in [1.29, 1.82) is 0 Å². The number of carbonyl (C=O) groups excluding carboxylic acids is 2. The van der Waals surface area contributed by atoms with Crippen LogP contribution in [0.15, 0.2) is 24.3 Å². The molecule has 10 nitrogen and oxygen atoms in total. The summed E-state index contributed by atoms with van der Waals surface area (Å²) in [5.41, 5.74) is 7.07. The summed E-state index contributed by atoms with van der Waals surface area (Å²) in [4.78, 5) is 38.9. The van der Waals surface area contributed by atoms with E-state index in [0.29, 0.717) is 19.4 Å². The number of amides is 1. The highest BCUT2D eigenvalue weighted by Crippen LogP contribution is 2.21. The topological polar surface area (TPSA) is 133 Å². The zero-order valence-corrected chi connectivity index (χ0v) is 18.9. The molecule has 3 N–H and O–H groups in total. The van der Waals surface area contributed by atoms with E-state index in [0.717, 1.165) is 11.3 Å². The average molecular weight is 443 g/mol. The number of aromatic nitrogens is 3. The molecule has 2 heterocycles. The van der Waals surface area contributed by atoms with Crippen molar-refractivity contribution >= 4 is 29.6 Å². The second-order valence-electron chi connectivity index (χ2n) is 8.75. The summed E-state index contributed by atoms with van der Waals surface area (Å²) in [6, 6.07) is 7.69. The highest BCUT2D eigenvalue weighted by Gasteiger charge is 2.32. The fourth-order valence-electron chi connectivity index (χ4n) is 3.31. The molecule has 1 atom stereocenters. The van der Waals surface area contributed by atoms with Crippen LogP contribution in [0.1, 0.15) is 45.0 Å². The largest absolute Gasteiger partial charge is 0.457 e. The van der Waals surface area contributed by atoms with Crippen LogP contribution in [0, 0.1) is 12.8 Å². The number of aryl methyl sites for hydroxylation is 1. The highest BCUT2D eigenvalue weighted by molar-refractivity contribution is 5.75. The minimum Gasteiger partial charge on any atom is -0.457 e. The molecule has 2 aromatic rings. The van der Waals surface area contributed by atoms with E-state index < -0.39 is 23.6 Å². The van der Waals surface area contributed by atoms with Crippen LogP contribution < -0.4 is 11.1 Å². The maximum absolute atomic E-state index is 12.6. The van der Waals surface area contributed by atoms with Gasteiger partial charge in [0.15, 0.2) is 12.4 Å². The molecule has 1 aliphatic heterocycles. The van der Waals surface area contributed by atoms with Crippen LogP contribution in [0.4, 0.5) is 22.4 Å². The van der Waals surface area contributed by atoms with E-state index in [2.05, 4.69) is 20.3 Å². The van der Waals surface area contributed by atoms with Crippen LogP contribution in [-0.4, -0.2) is 50.6 Å². The molecule has 1 aliphatic rings. The number of ether oxygens (including phenoxy) is 2. The molecule has 3 rings (SSSR count). The number of carbonyl (C=O) groups is 2. The van der Waals surface area contributed by atoms with Crippen molar-refractivity contribution in [3.8, 4) is 0 Å². The first-order valence-electron chi connectivity index (χ1n) is 10.6. The number of para-hydroxylation sites is 1. The molecule has 0 spiro atoms. The molecule has 0 radical (unpaired) electrons. The Labute approximate surface area is 187 Å². The maximum Gasteiger partial charge on any atom is 0.410 e. The Morgan fingerprint density at radius 1 is 1.22 bits per heavy atom. The summed E-state index contributed by atoms with van der Waals surface area (Å²) < 4.78 is 10.8. The molecule has 172 valence electrons. The van der Waals surface area contributed by atoms with Gasteiger partial charge in [-0.15, -0.1) is 0 Å². The standard InChI is InChI=1S/C22H30N6O4/c1-14-8-5-6-10-16(14)24-20-26-17(25-19(23)27-20)13-31-18(29)15-9-7-11-28(12-15)21(30)32-22(2,3)4/h5-6,8,10,15H,7,9,11-13H2,1-4H3,(H3,23,24,25,26,27). The predicted octanol–water partition coefficient (Wildman–Crippen LogP) is 3.20. The molecule has 10 heteroatoms. The van der Waals surface area contributed by atoms with E-state index in [1.165, 1.54) is 0 Å². The summed E-state index contributed by atoms with van der Waals surface area (Å²) in [6.07, 6.45) is 0.909. The molecule has 32 heavy (non-hydrogen) atoms. The van der Waals surface area contributed by atoms with Crippen molar-refractivity contribution in [1.82, 2.24) is 19.9 Å². The van der Waals surface area contributed by atoms with Gasteiger partial charge in [0.05, 0.1) is 5.92 Å². The number of nitrogen functional groups attached to an aromatic ring is 1. The Bertz CT molecular complexity index is 975. The SMILES string of the molecule is Cc1ccccc1Nc1nc(N)nc(COC(=O)C2CCCN(C(=O)OC(C)(C)C)C2)n1. The quantitative estimate of drug-likeness (QED) is 0.670. The molecule has 1 aromatic carbocycles. The van der Waals surface area contributed by atoms with Gasteiger partial charge < -0.3 is 25.4 Å². The van der Waals surface area contributed by atoms with Crippen molar-refractivity contribution in [2.45, 2.75) is 52.7 Å². The number of likely N-dealkylation sites (tertiary alicyclic amines) is 1. The zero-order valence-electron chi connectivity index (χ0n) is 18.9. The Morgan fingerprint density at radius 3 is 2.69 bits per heavy atom. The molecular formula is C22H30N6O4. The second kappa shape index (κ2) is 9.80. The third-order valence-electron chi connectivity index (χ3n) is 4.84.